The van der Waals surface area contributed by atoms with E-state index in [1.807, 2.05) is 11.3 Å². The first-order chi connectivity index (χ1) is 24.8. The van der Waals surface area contributed by atoms with Gasteiger partial charge in [0.25, 0.3) is 0 Å². The minimum absolute atomic E-state index is 0.111. The van der Waals surface area contributed by atoms with Crippen molar-refractivity contribution in [1.29, 1.82) is 0 Å². The van der Waals surface area contributed by atoms with Crippen molar-refractivity contribution in [3.63, 3.8) is 0 Å². The number of nitrogens with zero attached hydrogens (tertiary/aromatic N) is 1. The highest BCUT2D eigenvalue weighted by molar-refractivity contribution is 7.26. The van der Waals surface area contributed by atoms with Crippen LogP contribution in [-0.4, -0.2) is 0 Å². The lowest BCUT2D eigenvalue weighted by molar-refractivity contribution is 0.657. The Kier molecular flexibility index (Phi) is 5.71. The number of hydrogen-bond donors (Lipinski definition) is 0. The van der Waals surface area contributed by atoms with Crippen molar-refractivity contribution in [3.8, 4) is 22.3 Å². The van der Waals surface area contributed by atoms with Crippen molar-refractivity contribution in [2.45, 2.75) is 38.5 Å². The molecule has 2 aliphatic rings. The van der Waals surface area contributed by atoms with Crippen LogP contribution in [0.25, 0.3) is 64.4 Å². The van der Waals surface area contributed by atoms with Gasteiger partial charge in [-0.25, -0.2) is 0 Å². The van der Waals surface area contributed by atoms with E-state index in [2.05, 4.69) is 172 Å². The molecule has 0 saturated heterocycles. The van der Waals surface area contributed by atoms with Crippen LogP contribution in [0.4, 0.5) is 17.1 Å². The smallest absolute Gasteiger partial charge is 0.137 e. The molecule has 0 bridgehead atoms. The molecule has 0 fully saturated rings. The van der Waals surface area contributed by atoms with Crippen molar-refractivity contribution in [2.24, 2.45) is 0 Å². The molecule has 2 aromatic heterocycles. The molecular formula is C48H35NOS. The number of anilines is 3. The van der Waals surface area contributed by atoms with Gasteiger partial charge in [0.2, 0.25) is 0 Å². The summed E-state index contributed by atoms with van der Waals surface area (Å²) in [6.07, 6.45) is 0. The molecule has 7 aromatic carbocycles. The van der Waals surface area contributed by atoms with Gasteiger partial charge in [0.05, 0.1) is 16.8 Å². The van der Waals surface area contributed by atoms with Crippen LogP contribution in [0.5, 0.6) is 0 Å². The first-order valence-corrected chi connectivity index (χ1v) is 18.7. The molecule has 0 saturated carbocycles. The number of furan rings is 1. The molecule has 0 spiro atoms. The molecular weight excluding hydrogens is 639 g/mol. The number of rotatable bonds is 3. The first-order valence-electron chi connectivity index (χ1n) is 17.9. The molecule has 2 nitrogen and oxygen atoms in total. The van der Waals surface area contributed by atoms with Gasteiger partial charge in [-0.15, -0.1) is 11.3 Å². The lowest BCUT2D eigenvalue weighted by atomic mass is 9.82. The normalized spacial score (nSPS) is 15.0. The maximum atomic E-state index is 6.79. The SMILES string of the molecule is CC1(C)c2ccccc2-c2ccc(N(c3cccc4oc5cc6c(cc5c34)C(C)(C)c3ccccc3-6)c3cccc4sc5ccccc5c34)cc21. The second-order valence-corrected chi connectivity index (χ2v) is 16.4. The van der Waals surface area contributed by atoms with E-state index in [4.69, 9.17) is 4.42 Å². The molecule has 11 rings (SSSR count). The summed E-state index contributed by atoms with van der Waals surface area (Å²) in [5.74, 6) is 0. The van der Waals surface area contributed by atoms with Crippen molar-refractivity contribution in [1.82, 2.24) is 0 Å². The maximum absolute atomic E-state index is 6.79. The Bertz CT molecular complexity index is 2940. The molecule has 0 radical (unpaired) electrons. The van der Waals surface area contributed by atoms with E-state index in [1.165, 1.54) is 70.4 Å². The first kappa shape index (κ1) is 29.1. The van der Waals surface area contributed by atoms with Crippen LogP contribution in [0.2, 0.25) is 0 Å². The average Bonchev–Trinajstić information content (AvgIpc) is 3.84. The van der Waals surface area contributed by atoms with E-state index >= 15 is 0 Å². The summed E-state index contributed by atoms with van der Waals surface area (Å²) in [5, 5.41) is 4.86. The summed E-state index contributed by atoms with van der Waals surface area (Å²) in [4.78, 5) is 2.51. The molecule has 0 aliphatic heterocycles. The molecule has 0 atom stereocenters. The zero-order chi connectivity index (χ0) is 34.2. The van der Waals surface area contributed by atoms with Gasteiger partial charge in [-0.3, -0.25) is 0 Å². The van der Waals surface area contributed by atoms with E-state index < -0.39 is 0 Å². The molecule has 0 N–H and O–H groups in total. The molecule has 0 amide bonds. The van der Waals surface area contributed by atoms with E-state index in [9.17, 15) is 0 Å². The van der Waals surface area contributed by atoms with Crippen LogP contribution in [0.15, 0.2) is 144 Å². The van der Waals surface area contributed by atoms with Gasteiger partial charge in [-0.05, 0) is 99.1 Å². The second kappa shape index (κ2) is 9.99. The van der Waals surface area contributed by atoms with Crippen molar-refractivity contribution >= 4 is 70.5 Å². The van der Waals surface area contributed by atoms with E-state index in [0.717, 1.165) is 33.3 Å². The predicted octanol–water partition coefficient (Wildman–Crippen LogP) is 14.0. The fourth-order valence-electron chi connectivity index (χ4n) is 9.37. The third kappa shape index (κ3) is 3.82. The van der Waals surface area contributed by atoms with Gasteiger partial charge in [0.1, 0.15) is 11.2 Å². The minimum atomic E-state index is -0.121. The summed E-state index contributed by atoms with van der Waals surface area (Å²) in [5.41, 5.74) is 15.7. The molecule has 0 unspecified atom stereocenters. The molecule has 2 aliphatic carbocycles. The van der Waals surface area contributed by atoms with Crippen LogP contribution in [-0.2, 0) is 10.8 Å². The summed E-state index contributed by atoms with van der Waals surface area (Å²) in [6.45, 7) is 9.43. The molecule has 2 heterocycles. The van der Waals surface area contributed by atoms with Crippen LogP contribution in [0.3, 0.4) is 0 Å². The van der Waals surface area contributed by atoms with Crippen LogP contribution in [0, 0.1) is 0 Å². The van der Waals surface area contributed by atoms with Gasteiger partial charge in [-0.2, -0.15) is 0 Å². The number of thiophene rings is 1. The van der Waals surface area contributed by atoms with Gasteiger partial charge in [-0.1, -0.05) is 113 Å². The lowest BCUT2D eigenvalue weighted by Gasteiger charge is -2.29. The van der Waals surface area contributed by atoms with Crippen molar-refractivity contribution < 1.29 is 4.42 Å². The standard InChI is InChI=1S/C48H35NOS/c1-47(2)35-16-8-5-13-29(35)31-24-23-28(25-37(31)47)49(40-19-12-22-44-46(40)32-15-7-10-21-43(32)51-44)39-18-11-20-41-45(39)34-26-38-33(27-42(34)50-41)30-14-6-9-17-36(30)48(38,3)4/h5-27H,1-4H3. The Labute approximate surface area is 301 Å². The van der Waals surface area contributed by atoms with E-state index in [0.29, 0.717) is 0 Å². The molecule has 244 valence electrons. The fraction of sp³-hybridized carbons (Fsp3) is 0.125. The van der Waals surface area contributed by atoms with Gasteiger partial charge >= 0.3 is 0 Å². The third-order valence-electron chi connectivity index (χ3n) is 11.9. The Balaban J connectivity index is 1.22. The topological polar surface area (TPSA) is 16.4 Å². The van der Waals surface area contributed by atoms with Crippen LogP contribution >= 0.6 is 11.3 Å². The summed E-state index contributed by atoms with van der Waals surface area (Å²) >= 11 is 1.86. The monoisotopic (exact) mass is 673 g/mol. The highest BCUT2D eigenvalue weighted by atomic mass is 32.1. The maximum Gasteiger partial charge on any atom is 0.137 e. The second-order valence-electron chi connectivity index (χ2n) is 15.3. The molecule has 9 aromatic rings. The molecule has 51 heavy (non-hydrogen) atoms. The number of hydrogen-bond acceptors (Lipinski definition) is 3. The zero-order valence-corrected chi connectivity index (χ0v) is 29.9. The van der Waals surface area contributed by atoms with Gasteiger partial charge in [0.15, 0.2) is 0 Å². The predicted molar refractivity (Wildman–Crippen MR) is 216 cm³/mol. The van der Waals surface area contributed by atoms with E-state index in [-0.39, 0.29) is 10.8 Å². The fourth-order valence-corrected chi connectivity index (χ4v) is 10.5. The number of fused-ring (bicyclic) bond motifs is 12. The van der Waals surface area contributed by atoms with E-state index in [1.54, 1.807) is 0 Å². The largest absolute Gasteiger partial charge is 0.456 e. The van der Waals surface area contributed by atoms with Crippen molar-refractivity contribution in [3.05, 3.63) is 162 Å². The third-order valence-corrected chi connectivity index (χ3v) is 13.0. The molecule has 3 heteroatoms. The number of benzene rings is 7. The van der Waals surface area contributed by atoms with Gasteiger partial charge < -0.3 is 9.32 Å². The van der Waals surface area contributed by atoms with Crippen LogP contribution < -0.4 is 4.90 Å². The highest BCUT2D eigenvalue weighted by Crippen LogP contribution is 2.55. The lowest BCUT2D eigenvalue weighted by Crippen LogP contribution is -2.16. The minimum Gasteiger partial charge on any atom is -0.456 e. The highest BCUT2D eigenvalue weighted by Gasteiger charge is 2.38. The van der Waals surface area contributed by atoms with Crippen LogP contribution in [0.1, 0.15) is 49.9 Å². The average molecular weight is 674 g/mol. The summed E-state index contributed by atoms with van der Waals surface area (Å²) in [6, 6.07) is 51.7. The van der Waals surface area contributed by atoms with Gasteiger partial charge in [0, 0.05) is 42.1 Å². The Morgan fingerprint density at radius 2 is 1.06 bits per heavy atom. The Morgan fingerprint density at radius 3 is 1.84 bits per heavy atom. The Morgan fingerprint density at radius 1 is 0.451 bits per heavy atom. The summed E-state index contributed by atoms with van der Waals surface area (Å²) < 4.78 is 9.38. The zero-order valence-electron chi connectivity index (χ0n) is 29.0. The van der Waals surface area contributed by atoms with Crippen molar-refractivity contribution in [2.75, 3.05) is 4.90 Å². The Hall–Kier alpha value is -5.64. The summed E-state index contributed by atoms with van der Waals surface area (Å²) in [7, 11) is 0. The quantitative estimate of drug-likeness (QED) is 0.186.